The summed E-state index contributed by atoms with van der Waals surface area (Å²) in [5, 5.41) is 0. The Morgan fingerprint density at radius 3 is 2.55 bits per heavy atom. The van der Waals surface area contributed by atoms with Gasteiger partial charge < -0.3 is 9.15 Å². The molecule has 4 nitrogen and oxygen atoms in total. The van der Waals surface area contributed by atoms with Gasteiger partial charge in [-0.2, -0.15) is 0 Å². The Hall–Kier alpha value is -1.89. The minimum atomic E-state index is -0.465. The Kier molecular flexibility index (Phi) is 3.43. The number of benzene rings is 1. The summed E-state index contributed by atoms with van der Waals surface area (Å²) in [6, 6.07) is 11.2. The molecule has 100 valence electrons. The van der Waals surface area contributed by atoms with Gasteiger partial charge in [-0.3, -0.25) is 0 Å². The predicted octanol–water partition coefficient (Wildman–Crippen LogP) is 3.54. The van der Waals surface area contributed by atoms with Crippen molar-refractivity contribution in [3.05, 3.63) is 62.7 Å². The second-order valence-corrected chi connectivity index (χ2v) is 5.54. The average Bonchev–Trinajstić information content (AvgIpc) is 2.98. The van der Waals surface area contributed by atoms with Crippen LogP contribution < -0.4 is 0 Å². The van der Waals surface area contributed by atoms with Crippen LogP contribution in [-0.2, 0) is 9.53 Å². The summed E-state index contributed by atoms with van der Waals surface area (Å²) in [6.45, 7) is 1.84. The molecule has 5 heteroatoms. The summed E-state index contributed by atoms with van der Waals surface area (Å²) in [7, 11) is 0. The minimum Gasteiger partial charge on any atom is -0.462 e. The molecule has 0 bridgehead atoms. The predicted molar refractivity (Wildman–Crippen MR) is 83.2 cm³/mol. The van der Waals surface area contributed by atoms with E-state index in [0.29, 0.717) is 11.7 Å². The number of hydrogen-bond acceptors (Lipinski definition) is 4. The molecule has 0 unspecified atom stereocenters. The van der Waals surface area contributed by atoms with E-state index in [1.54, 1.807) is 12.1 Å². The first-order chi connectivity index (χ1) is 9.61. The number of halogens is 1. The number of esters is 1. The molecule has 2 heterocycles. The van der Waals surface area contributed by atoms with E-state index in [-0.39, 0.29) is 5.70 Å². The van der Waals surface area contributed by atoms with Crippen LogP contribution in [0, 0.1) is 10.5 Å². The smallest absolute Gasteiger partial charge is 0.363 e. The van der Waals surface area contributed by atoms with Crippen LogP contribution >= 0.6 is 22.6 Å². The Bertz CT molecular complexity index is 726. The normalized spacial score (nSPS) is 16.4. The number of aliphatic imine (C=N–C) groups is 1. The van der Waals surface area contributed by atoms with Crippen molar-refractivity contribution in [2.45, 2.75) is 6.92 Å². The zero-order valence-corrected chi connectivity index (χ0v) is 12.7. The van der Waals surface area contributed by atoms with Crippen LogP contribution in [0.25, 0.3) is 6.08 Å². The maximum absolute atomic E-state index is 11.8. The van der Waals surface area contributed by atoms with Gasteiger partial charge in [0.05, 0.1) is 0 Å². The highest BCUT2D eigenvalue weighted by molar-refractivity contribution is 14.1. The van der Waals surface area contributed by atoms with Crippen LogP contribution in [0.5, 0.6) is 0 Å². The molecule has 0 fully saturated rings. The van der Waals surface area contributed by atoms with Crippen LogP contribution in [0.2, 0.25) is 0 Å². The van der Waals surface area contributed by atoms with Gasteiger partial charge in [0.2, 0.25) is 5.90 Å². The van der Waals surface area contributed by atoms with Gasteiger partial charge in [0.1, 0.15) is 11.5 Å². The molecule has 0 spiro atoms. The first kappa shape index (κ1) is 13.1. The number of carbonyl (C=O) groups excluding carboxylic acids is 1. The molecule has 0 amide bonds. The quantitative estimate of drug-likeness (QED) is 0.456. The Morgan fingerprint density at radius 1 is 1.15 bits per heavy atom. The fourth-order valence-electron chi connectivity index (χ4n) is 1.79. The lowest BCUT2D eigenvalue weighted by Crippen LogP contribution is -2.05. The number of hydrogen-bond donors (Lipinski definition) is 0. The van der Waals surface area contributed by atoms with Gasteiger partial charge in [-0.15, -0.1) is 0 Å². The summed E-state index contributed by atoms with van der Waals surface area (Å²) in [4.78, 5) is 16.0. The summed E-state index contributed by atoms with van der Waals surface area (Å²) in [5.74, 6) is 1.22. The molecule has 20 heavy (non-hydrogen) atoms. The summed E-state index contributed by atoms with van der Waals surface area (Å²) < 4.78 is 11.7. The summed E-state index contributed by atoms with van der Waals surface area (Å²) in [5.41, 5.74) is 1.02. The number of nitrogens with zero attached hydrogens (tertiary/aromatic N) is 1. The van der Waals surface area contributed by atoms with Crippen LogP contribution in [0.3, 0.4) is 0 Å². The molecule has 0 atom stereocenters. The van der Waals surface area contributed by atoms with E-state index in [0.717, 1.165) is 14.9 Å². The SMILES string of the molecule is Cc1ccc(C=C2N=C(c3ccc(I)cc3)OC2=O)o1. The van der Waals surface area contributed by atoms with Crippen LogP contribution in [-0.4, -0.2) is 11.9 Å². The third-order valence-electron chi connectivity index (χ3n) is 2.75. The first-order valence-electron chi connectivity index (χ1n) is 5.97. The van der Waals surface area contributed by atoms with Crippen LogP contribution in [0.4, 0.5) is 0 Å². The van der Waals surface area contributed by atoms with Crippen molar-refractivity contribution < 1.29 is 13.9 Å². The standard InChI is InChI=1S/C15H10INO3/c1-9-2-7-12(19-9)8-13-15(18)20-14(17-13)10-3-5-11(16)6-4-10/h2-8H,1H3. The molecule has 0 aliphatic carbocycles. The van der Waals surface area contributed by atoms with E-state index in [1.165, 1.54) is 0 Å². The molecule has 1 aromatic heterocycles. The molecule has 0 radical (unpaired) electrons. The maximum Gasteiger partial charge on any atom is 0.363 e. The number of rotatable bonds is 2. The molecule has 1 aromatic carbocycles. The first-order valence-corrected chi connectivity index (χ1v) is 7.04. The molecular weight excluding hydrogens is 369 g/mol. The van der Waals surface area contributed by atoms with E-state index in [4.69, 9.17) is 9.15 Å². The molecule has 0 saturated carbocycles. The molecule has 1 aliphatic rings. The number of carbonyl (C=O) groups is 1. The summed E-state index contributed by atoms with van der Waals surface area (Å²) >= 11 is 2.21. The molecular formula is C15H10INO3. The highest BCUT2D eigenvalue weighted by Crippen LogP contribution is 2.20. The molecule has 2 aromatic rings. The highest BCUT2D eigenvalue weighted by Gasteiger charge is 2.24. The van der Waals surface area contributed by atoms with Gasteiger partial charge in [-0.25, -0.2) is 9.79 Å². The van der Waals surface area contributed by atoms with Crippen molar-refractivity contribution >= 4 is 40.5 Å². The number of aryl methyl sites for hydroxylation is 1. The summed E-state index contributed by atoms with van der Waals surface area (Å²) in [6.07, 6.45) is 1.58. The molecule has 0 saturated heterocycles. The van der Waals surface area contributed by atoms with Gasteiger partial charge in [0.25, 0.3) is 0 Å². The van der Waals surface area contributed by atoms with E-state index in [1.807, 2.05) is 37.3 Å². The van der Waals surface area contributed by atoms with Crippen molar-refractivity contribution in [3.8, 4) is 0 Å². The number of furan rings is 1. The van der Waals surface area contributed by atoms with Crippen molar-refractivity contribution in [2.24, 2.45) is 4.99 Å². The molecule has 1 aliphatic heterocycles. The van der Waals surface area contributed by atoms with Crippen molar-refractivity contribution in [1.82, 2.24) is 0 Å². The van der Waals surface area contributed by atoms with E-state index < -0.39 is 5.97 Å². The third kappa shape index (κ3) is 2.67. The topological polar surface area (TPSA) is 51.8 Å². The van der Waals surface area contributed by atoms with Gasteiger partial charge in [0.15, 0.2) is 5.70 Å². The molecule has 3 rings (SSSR count). The van der Waals surface area contributed by atoms with Crippen LogP contribution in [0.15, 0.2) is 51.5 Å². The zero-order valence-electron chi connectivity index (χ0n) is 10.6. The highest BCUT2D eigenvalue weighted by atomic mass is 127. The van der Waals surface area contributed by atoms with Gasteiger partial charge in [-0.1, -0.05) is 0 Å². The molecule has 0 N–H and O–H groups in total. The van der Waals surface area contributed by atoms with E-state index in [9.17, 15) is 4.79 Å². The minimum absolute atomic E-state index is 0.243. The second kappa shape index (κ2) is 5.24. The fourth-order valence-corrected chi connectivity index (χ4v) is 2.15. The van der Waals surface area contributed by atoms with Gasteiger partial charge in [-0.05, 0) is 65.9 Å². The number of cyclic esters (lactones) is 1. The largest absolute Gasteiger partial charge is 0.462 e. The second-order valence-electron chi connectivity index (χ2n) is 4.29. The van der Waals surface area contributed by atoms with Crippen molar-refractivity contribution in [1.29, 1.82) is 0 Å². The Balaban J connectivity index is 1.92. The van der Waals surface area contributed by atoms with Gasteiger partial charge in [0, 0.05) is 15.2 Å². The average molecular weight is 379 g/mol. The van der Waals surface area contributed by atoms with E-state index in [2.05, 4.69) is 27.6 Å². The Morgan fingerprint density at radius 2 is 1.90 bits per heavy atom. The van der Waals surface area contributed by atoms with Crippen molar-refractivity contribution in [2.75, 3.05) is 0 Å². The van der Waals surface area contributed by atoms with Crippen molar-refractivity contribution in [3.63, 3.8) is 0 Å². The maximum atomic E-state index is 11.8. The monoisotopic (exact) mass is 379 g/mol. The number of ether oxygens (including phenoxy) is 1. The van der Waals surface area contributed by atoms with Crippen LogP contribution in [0.1, 0.15) is 17.1 Å². The lowest BCUT2D eigenvalue weighted by atomic mass is 10.2. The third-order valence-corrected chi connectivity index (χ3v) is 3.47. The lowest BCUT2D eigenvalue weighted by molar-refractivity contribution is -0.129. The van der Waals surface area contributed by atoms with Gasteiger partial charge >= 0.3 is 5.97 Å². The fraction of sp³-hybridized carbons (Fsp3) is 0.0667. The lowest BCUT2D eigenvalue weighted by Gasteiger charge is -1.98. The van der Waals surface area contributed by atoms with E-state index >= 15 is 0 Å². The Labute approximate surface area is 129 Å². The zero-order chi connectivity index (χ0) is 14.1.